The third-order valence-electron chi connectivity index (χ3n) is 3.08. The van der Waals surface area contributed by atoms with Crippen LogP contribution in [0.3, 0.4) is 0 Å². The lowest BCUT2D eigenvalue weighted by Crippen LogP contribution is -2.05. The first kappa shape index (κ1) is 21.2. The first-order valence-electron chi connectivity index (χ1n) is 7.60. The summed E-state index contributed by atoms with van der Waals surface area (Å²) in [6, 6.07) is 10.7. The van der Waals surface area contributed by atoms with E-state index in [2.05, 4.69) is 15.9 Å². The van der Waals surface area contributed by atoms with E-state index in [1.54, 1.807) is 12.1 Å². The molecule has 0 spiro atoms. The summed E-state index contributed by atoms with van der Waals surface area (Å²) < 4.78 is 29.9. The van der Waals surface area contributed by atoms with Crippen LogP contribution in [0.1, 0.15) is 6.42 Å². The molecule has 0 saturated carbocycles. The lowest BCUT2D eigenvalue weighted by Gasteiger charge is -2.12. The second-order valence-corrected chi connectivity index (χ2v) is 7.12. The van der Waals surface area contributed by atoms with Gasteiger partial charge in [-0.05, 0) is 24.3 Å². The Kier molecular flexibility index (Phi) is 8.85. The van der Waals surface area contributed by atoms with Crippen molar-refractivity contribution in [3.63, 3.8) is 0 Å². The SMILES string of the molecule is F/C(Cl)=C/COc1cc(Cl)c(OCCCOc2ccc(Br)cc2)c(Cl)c1. The summed E-state index contributed by atoms with van der Waals surface area (Å²) in [7, 11) is 0. The fourth-order valence-corrected chi connectivity index (χ4v) is 2.82. The van der Waals surface area contributed by atoms with Gasteiger partial charge in [-0.15, -0.1) is 0 Å². The summed E-state index contributed by atoms with van der Waals surface area (Å²) in [4.78, 5) is 0. The Hall–Kier alpha value is -1.14. The zero-order valence-electron chi connectivity index (χ0n) is 13.5. The van der Waals surface area contributed by atoms with Gasteiger partial charge in [-0.2, -0.15) is 4.39 Å². The molecule has 0 N–H and O–H groups in total. The molecule has 0 aliphatic heterocycles. The van der Waals surface area contributed by atoms with Crippen molar-refractivity contribution in [2.45, 2.75) is 6.42 Å². The van der Waals surface area contributed by atoms with Crippen LogP contribution in [0.25, 0.3) is 0 Å². The predicted octanol–water partition coefficient (Wildman–Crippen LogP) is 7.03. The summed E-state index contributed by atoms with van der Waals surface area (Å²) in [5, 5.41) is -0.235. The van der Waals surface area contributed by atoms with Crippen molar-refractivity contribution in [2.75, 3.05) is 19.8 Å². The Labute approximate surface area is 174 Å². The fourth-order valence-electron chi connectivity index (χ4n) is 1.91. The maximum Gasteiger partial charge on any atom is 0.188 e. The van der Waals surface area contributed by atoms with Crippen LogP contribution in [0.15, 0.2) is 52.2 Å². The third kappa shape index (κ3) is 7.23. The van der Waals surface area contributed by atoms with Crippen LogP contribution in [0.4, 0.5) is 4.39 Å². The highest BCUT2D eigenvalue weighted by Crippen LogP contribution is 2.37. The third-order valence-corrected chi connectivity index (χ3v) is 4.32. The van der Waals surface area contributed by atoms with E-state index in [0.717, 1.165) is 16.3 Å². The van der Waals surface area contributed by atoms with Crippen molar-refractivity contribution in [1.82, 2.24) is 0 Å². The van der Waals surface area contributed by atoms with E-state index >= 15 is 0 Å². The molecule has 2 aromatic carbocycles. The molecule has 0 aliphatic rings. The first-order valence-corrected chi connectivity index (χ1v) is 9.52. The van der Waals surface area contributed by atoms with E-state index in [9.17, 15) is 4.39 Å². The van der Waals surface area contributed by atoms with Gasteiger partial charge in [-0.1, -0.05) is 50.7 Å². The molecule has 3 nitrogen and oxygen atoms in total. The second-order valence-electron chi connectivity index (χ2n) is 5.03. The smallest absolute Gasteiger partial charge is 0.188 e. The number of hydrogen-bond donors (Lipinski definition) is 0. The van der Waals surface area contributed by atoms with Gasteiger partial charge < -0.3 is 14.2 Å². The van der Waals surface area contributed by atoms with Crippen molar-refractivity contribution < 1.29 is 18.6 Å². The quantitative estimate of drug-likeness (QED) is 0.358. The second kappa shape index (κ2) is 10.9. The molecule has 0 aliphatic carbocycles. The first-order chi connectivity index (χ1) is 12.5. The number of benzene rings is 2. The zero-order chi connectivity index (χ0) is 18.9. The van der Waals surface area contributed by atoms with Gasteiger partial charge in [0.1, 0.15) is 18.1 Å². The van der Waals surface area contributed by atoms with E-state index in [1.165, 1.54) is 0 Å². The molecule has 0 heterocycles. The largest absolute Gasteiger partial charge is 0.493 e. The van der Waals surface area contributed by atoms with Crippen molar-refractivity contribution in [3.8, 4) is 17.2 Å². The molecule has 0 bridgehead atoms. The number of hydrogen-bond acceptors (Lipinski definition) is 3. The number of ether oxygens (including phenoxy) is 3. The minimum atomic E-state index is -0.840. The Balaban J connectivity index is 1.79. The van der Waals surface area contributed by atoms with Gasteiger partial charge in [0.05, 0.1) is 23.3 Å². The Morgan fingerprint density at radius 2 is 1.58 bits per heavy atom. The molecule has 0 amide bonds. The summed E-state index contributed by atoms with van der Waals surface area (Å²) in [5.41, 5.74) is 0. The van der Waals surface area contributed by atoms with Gasteiger partial charge in [0.25, 0.3) is 0 Å². The van der Waals surface area contributed by atoms with E-state index in [0.29, 0.717) is 41.2 Å². The molecule has 0 fully saturated rings. The van der Waals surface area contributed by atoms with Crippen molar-refractivity contribution >= 4 is 50.7 Å². The van der Waals surface area contributed by atoms with Crippen molar-refractivity contribution in [3.05, 3.63) is 62.3 Å². The molecule has 0 unspecified atom stereocenters. The predicted molar refractivity (Wildman–Crippen MR) is 107 cm³/mol. The van der Waals surface area contributed by atoms with Gasteiger partial charge in [0, 0.05) is 29.1 Å². The Bertz CT molecular complexity index is 727. The number of halogens is 5. The standard InChI is InChI=1S/C18H15BrCl3FO3/c19-12-2-4-13(5-3-12)24-7-1-8-26-18-15(20)10-14(11-16(18)21)25-9-6-17(22)23/h2-6,10-11H,1,7-9H2/b17-6+. The van der Waals surface area contributed by atoms with Crippen LogP contribution in [0.2, 0.25) is 10.0 Å². The van der Waals surface area contributed by atoms with E-state index < -0.39 is 5.29 Å². The van der Waals surface area contributed by atoms with Gasteiger partial charge in [-0.3, -0.25) is 0 Å². The summed E-state index contributed by atoms with van der Waals surface area (Å²) >= 11 is 20.8. The highest BCUT2D eigenvalue weighted by molar-refractivity contribution is 9.10. The maximum atomic E-state index is 12.4. The molecule has 0 saturated heterocycles. The van der Waals surface area contributed by atoms with Gasteiger partial charge >= 0.3 is 0 Å². The van der Waals surface area contributed by atoms with Crippen LogP contribution in [-0.2, 0) is 0 Å². The molecule has 0 radical (unpaired) electrons. The van der Waals surface area contributed by atoms with E-state index in [4.69, 9.17) is 49.0 Å². The minimum absolute atomic E-state index is 0.0322. The van der Waals surface area contributed by atoms with Crippen LogP contribution in [0, 0.1) is 0 Å². The monoisotopic (exact) mass is 482 g/mol. The highest BCUT2D eigenvalue weighted by atomic mass is 79.9. The molecule has 0 atom stereocenters. The number of rotatable bonds is 9. The molecule has 26 heavy (non-hydrogen) atoms. The normalized spacial score (nSPS) is 11.3. The lowest BCUT2D eigenvalue weighted by molar-refractivity contribution is 0.247. The van der Waals surface area contributed by atoms with Crippen LogP contribution < -0.4 is 14.2 Å². The van der Waals surface area contributed by atoms with Crippen LogP contribution >= 0.6 is 50.7 Å². The van der Waals surface area contributed by atoms with Crippen molar-refractivity contribution in [2.24, 2.45) is 0 Å². The average molecular weight is 485 g/mol. The average Bonchev–Trinajstić information content (AvgIpc) is 2.58. The van der Waals surface area contributed by atoms with Gasteiger partial charge in [-0.25, -0.2) is 0 Å². The zero-order valence-corrected chi connectivity index (χ0v) is 17.3. The molecule has 0 aromatic heterocycles. The summed E-state index contributed by atoms with van der Waals surface area (Å²) in [5.74, 6) is 1.54. The topological polar surface area (TPSA) is 27.7 Å². The van der Waals surface area contributed by atoms with Crippen LogP contribution in [-0.4, -0.2) is 19.8 Å². The molecule has 140 valence electrons. The molecule has 2 aromatic rings. The Morgan fingerprint density at radius 1 is 0.962 bits per heavy atom. The fraction of sp³-hybridized carbons (Fsp3) is 0.222. The molecular formula is C18H15BrCl3FO3. The molecular weight excluding hydrogens is 469 g/mol. The maximum absolute atomic E-state index is 12.4. The van der Waals surface area contributed by atoms with Crippen LogP contribution in [0.5, 0.6) is 17.2 Å². The summed E-state index contributed by atoms with van der Waals surface area (Å²) in [6.45, 7) is 0.848. The minimum Gasteiger partial charge on any atom is -0.493 e. The van der Waals surface area contributed by atoms with Gasteiger partial charge in [0.15, 0.2) is 11.0 Å². The summed E-state index contributed by atoms with van der Waals surface area (Å²) in [6.07, 6.45) is 1.74. The molecule has 2 rings (SSSR count). The Morgan fingerprint density at radius 3 is 2.19 bits per heavy atom. The highest BCUT2D eigenvalue weighted by Gasteiger charge is 2.10. The lowest BCUT2D eigenvalue weighted by atomic mass is 10.3. The van der Waals surface area contributed by atoms with E-state index in [-0.39, 0.29) is 6.61 Å². The van der Waals surface area contributed by atoms with E-state index in [1.807, 2.05) is 24.3 Å². The van der Waals surface area contributed by atoms with Crippen molar-refractivity contribution in [1.29, 1.82) is 0 Å². The molecule has 8 heteroatoms. The van der Waals surface area contributed by atoms with Gasteiger partial charge in [0.2, 0.25) is 0 Å².